The molecule has 32 nitrogen and oxygen atoms in total. The Morgan fingerprint density at radius 3 is 0.673 bits per heavy atom. The third-order valence-corrected chi connectivity index (χ3v) is 38.6. The minimum Gasteiger partial charge on any atom is -0.357 e. The number of rotatable bonds is 16. The molecular weight excluding hydrogens is 1660 g/mol. The Balaban J connectivity index is 0.00000964. The number of nitrogens with zero attached hydrogens (tertiary/aromatic N) is 16. The minimum absolute atomic E-state index is 0. The maximum absolute atomic E-state index is 16.0. The van der Waals surface area contributed by atoms with Gasteiger partial charge in [0.25, 0.3) is 0 Å². The molecule has 4 aromatic carbocycles. The van der Waals surface area contributed by atoms with E-state index in [4.69, 9.17) is 39.9 Å². The molecule has 8 bridgehead atoms. The molecule has 17 rings (SSSR count). The van der Waals surface area contributed by atoms with Crippen LogP contribution >= 0.6 is 0 Å². The van der Waals surface area contributed by atoms with E-state index in [-0.39, 0.29) is 166 Å². The number of hydrogen-bond acceptors (Lipinski definition) is 22. The van der Waals surface area contributed by atoms with Crippen LogP contribution < -0.4 is 9.97 Å². The van der Waals surface area contributed by atoms with Crippen LogP contribution in [0.1, 0.15) is 154 Å². The van der Waals surface area contributed by atoms with Crippen molar-refractivity contribution < 1.29 is 84.4 Å². The van der Waals surface area contributed by atoms with E-state index in [1.165, 1.54) is 58.7 Å². The Hall–Kier alpha value is -5.96. The zero-order chi connectivity index (χ0) is 78.1. The average molecular weight is 1750 g/mol. The predicted octanol–water partition coefficient (Wildman–Crippen LogP) is 7.52. The summed E-state index contributed by atoms with van der Waals surface area (Å²) in [6.45, 7) is 0.734. The quantitative estimate of drug-likeness (QED) is 0.0843. The number of hydrogen-bond donors (Lipinski definition) is 0. The summed E-state index contributed by atoms with van der Waals surface area (Å²) in [6.07, 6.45) is 12.9. The number of benzene rings is 4. The van der Waals surface area contributed by atoms with Crippen LogP contribution in [0.2, 0.25) is 0 Å². The van der Waals surface area contributed by atoms with Gasteiger partial charge in [0, 0.05) is 160 Å². The van der Waals surface area contributed by atoms with E-state index in [0.29, 0.717) is 128 Å². The Labute approximate surface area is 669 Å². The molecule has 10 aliphatic rings. The molecule has 113 heavy (non-hydrogen) atoms. The second-order valence-electron chi connectivity index (χ2n) is 30.6. The van der Waals surface area contributed by atoms with Gasteiger partial charge in [0.2, 0.25) is 80.2 Å². The third-order valence-electron chi connectivity index (χ3n) is 23.4. The molecule has 13 heterocycles. The Morgan fingerprint density at radius 2 is 0.425 bits per heavy atom. The molecule has 0 N–H and O–H groups in total. The van der Waals surface area contributed by atoms with Crippen molar-refractivity contribution in [3.8, 4) is 45.6 Å². The van der Waals surface area contributed by atoms with Crippen molar-refractivity contribution in [2.45, 2.75) is 193 Å². The van der Waals surface area contributed by atoms with Gasteiger partial charge >= 0.3 is 17.1 Å². The molecule has 7 aromatic rings. The SMILES string of the molecule is O=S(=O)(c1cc2c(c(S(=O)(=O)N3CCCCC3)c1)-c1nc-2nc2[n-]c(nc3nc(nc4[n-]c(n1)c1c(S(=O)(=O)N5CCCCC5)cc(S(=O)(=O)N5CCCCC5)cc41)-c1cc(S(=O)(=O)N4CCCCC4)cc(S(=O)(=O)N4CCCCC4)c1-3)c1c(S(=O)(=O)N3CCCCC3)cc(S(=O)(=O)N3CCCCC3)cc21)N1CCCCC1.[Cu+2]. The number of piperidine rings is 8. The molecule has 8 saturated heterocycles. The molecular formula is C72H88CuN16O16S8. The molecule has 10 aliphatic heterocycles. The summed E-state index contributed by atoms with van der Waals surface area (Å²) < 4.78 is 262. The molecule has 41 heteroatoms. The molecule has 0 aliphatic carbocycles. The normalized spacial score (nSPS) is 21.0. The van der Waals surface area contributed by atoms with E-state index < -0.39 is 165 Å². The smallest absolute Gasteiger partial charge is 0.357 e. The van der Waals surface area contributed by atoms with Gasteiger partial charge in [0.1, 0.15) is 0 Å². The average Bonchev–Trinajstić information content (AvgIpc) is 1.59. The van der Waals surface area contributed by atoms with Gasteiger partial charge in [0.05, 0.1) is 62.5 Å². The van der Waals surface area contributed by atoms with E-state index in [1.807, 2.05) is 0 Å². The summed E-state index contributed by atoms with van der Waals surface area (Å²) in [4.78, 5) is 36.1. The van der Waals surface area contributed by atoms with Crippen LogP contribution in [0, 0.1) is 0 Å². The van der Waals surface area contributed by atoms with Gasteiger partial charge in [-0.2, -0.15) is 34.4 Å². The maximum Gasteiger partial charge on any atom is 2.00 e. The van der Waals surface area contributed by atoms with E-state index in [9.17, 15) is 0 Å². The van der Waals surface area contributed by atoms with Crippen LogP contribution in [0.15, 0.2) is 87.7 Å². The topological polar surface area (TPSA) is 405 Å². The molecule has 611 valence electrons. The van der Waals surface area contributed by atoms with Crippen LogP contribution in [-0.2, 0) is 97.3 Å². The van der Waals surface area contributed by atoms with Crippen LogP contribution in [-0.4, -0.2) is 236 Å². The summed E-state index contributed by atoms with van der Waals surface area (Å²) in [5.41, 5.74) is -3.45. The fourth-order valence-electron chi connectivity index (χ4n) is 17.3. The van der Waals surface area contributed by atoms with E-state index in [0.717, 1.165) is 49.9 Å². The fraction of sp³-hybridized carbons (Fsp3) is 0.556. The summed E-state index contributed by atoms with van der Waals surface area (Å²) >= 11 is 0. The van der Waals surface area contributed by atoms with Crippen molar-refractivity contribution in [2.24, 2.45) is 0 Å². The van der Waals surface area contributed by atoms with Gasteiger partial charge in [-0.1, -0.05) is 51.4 Å². The Kier molecular flexibility index (Phi) is 22.2. The second kappa shape index (κ2) is 31.1. The molecule has 0 atom stereocenters. The van der Waals surface area contributed by atoms with Gasteiger partial charge in [-0.15, -0.1) is 0 Å². The molecule has 8 fully saturated rings. The number of fused-ring (bicyclic) bond motifs is 20. The fourth-order valence-corrected chi connectivity index (χ4v) is 30.9. The zero-order valence-corrected chi connectivity index (χ0v) is 69.6. The van der Waals surface area contributed by atoms with Crippen molar-refractivity contribution in [3.05, 3.63) is 48.5 Å². The van der Waals surface area contributed by atoms with Gasteiger partial charge < -0.3 is 29.9 Å². The summed E-state index contributed by atoms with van der Waals surface area (Å²) in [6, 6.07) is 8.91. The molecule has 0 unspecified atom stereocenters. The first kappa shape index (κ1) is 80.8. The van der Waals surface area contributed by atoms with E-state index in [1.54, 1.807) is 0 Å². The molecule has 1 radical (unpaired) electrons. The number of sulfonamides is 8. The monoisotopic (exact) mass is 1750 g/mol. The molecule has 0 saturated carbocycles. The first-order chi connectivity index (χ1) is 53.5. The van der Waals surface area contributed by atoms with Crippen LogP contribution in [0.5, 0.6) is 0 Å². The van der Waals surface area contributed by atoms with Crippen molar-refractivity contribution in [1.29, 1.82) is 0 Å². The largest absolute Gasteiger partial charge is 2.00 e. The Morgan fingerprint density at radius 1 is 0.221 bits per heavy atom. The second-order valence-corrected chi connectivity index (χ2v) is 46.0. The third kappa shape index (κ3) is 14.4. The summed E-state index contributed by atoms with van der Waals surface area (Å²) in [5, 5.41) is -1.30. The van der Waals surface area contributed by atoms with Crippen LogP contribution in [0.4, 0.5) is 0 Å². The summed E-state index contributed by atoms with van der Waals surface area (Å²) in [7, 11) is -37.9. The van der Waals surface area contributed by atoms with Crippen LogP contribution in [0.25, 0.3) is 89.7 Å². The minimum atomic E-state index is -4.86. The van der Waals surface area contributed by atoms with Gasteiger partial charge in [0.15, 0.2) is 0 Å². The standard InChI is InChI=1S/C72H88N16O16S8.Cu/c89-105(90,81-25-9-1-10-26-81)49-41-53-61(57(45-49)109(97,98)85-33-17-5-18-34-85)69-75-65(53)73-66-54-42-50(106(91,92)82-27-11-2-12-28-82)46-58(110(99,100)86-35-19-6-20-36-86)62(54)71(76-66)80-72-64-56(44-52(108(95,96)84-31-15-4-16-32-84)48-60(64)112(103,104)88-39-23-8-24-40-88)68(78-72)74-67-55-43-51(107(93,94)83-29-13-3-14-30-83)47-59(63(55)70(77-67)79-69)111(101,102)87-37-21-7-22-38-87;/h41-48H,1-40H2;/q-2;+2. The number of aromatic nitrogens is 8. The van der Waals surface area contributed by atoms with Crippen LogP contribution in [0.3, 0.4) is 0 Å². The van der Waals surface area contributed by atoms with Crippen molar-refractivity contribution in [1.82, 2.24) is 74.3 Å². The van der Waals surface area contributed by atoms with Crippen molar-refractivity contribution in [2.75, 3.05) is 105 Å². The van der Waals surface area contributed by atoms with Gasteiger partial charge in [-0.25, -0.2) is 77.3 Å². The zero-order valence-electron chi connectivity index (χ0n) is 62.2. The molecule has 0 spiro atoms. The van der Waals surface area contributed by atoms with E-state index >= 15 is 67.3 Å². The van der Waals surface area contributed by atoms with Gasteiger partial charge in [-0.3, -0.25) is 0 Å². The molecule has 0 amide bonds. The first-order valence-corrected chi connectivity index (χ1v) is 50.5. The van der Waals surface area contributed by atoms with Crippen molar-refractivity contribution in [3.63, 3.8) is 0 Å². The predicted molar refractivity (Wildman–Crippen MR) is 415 cm³/mol. The summed E-state index contributed by atoms with van der Waals surface area (Å²) in [5.74, 6) is -2.15. The van der Waals surface area contributed by atoms with Gasteiger partial charge in [-0.05, 0) is 162 Å². The maximum atomic E-state index is 16.0. The first-order valence-electron chi connectivity index (χ1n) is 39.0. The van der Waals surface area contributed by atoms with E-state index in [2.05, 4.69) is 0 Å². The Bertz CT molecular complexity index is 5790. The molecule has 3 aromatic heterocycles. The van der Waals surface area contributed by atoms with Crippen molar-refractivity contribution >= 4 is 124 Å².